The maximum Gasteiger partial charge on any atom is 0.333 e. The average Bonchev–Trinajstić information content (AvgIpc) is 1.67. The molecule has 0 aliphatic rings. The van der Waals surface area contributed by atoms with Crippen molar-refractivity contribution in [2.45, 2.75) is 21.3 Å². The summed E-state index contributed by atoms with van der Waals surface area (Å²) in [6.07, 6.45) is 0. The lowest BCUT2D eigenvalue weighted by molar-refractivity contribution is -0.138. The van der Waals surface area contributed by atoms with Crippen molar-refractivity contribution in [3.05, 3.63) is 12.2 Å². The van der Waals surface area contributed by atoms with Gasteiger partial charge in [-0.1, -0.05) is 14.0 Å². The molecule has 54 valence electrons. The van der Waals surface area contributed by atoms with Gasteiger partial charge in [-0.05, 0) is 13.8 Å². The quantitative estimate of drug-likeness (QED) is 0.516. The maximum absolute atomic E-state index is 10.4. The van der Waals surface area contributed by atoms with E-state index in [2.05, 4.69) is 11.3 Å². The Morgan fingerprint density at radius 1 is 1.67 bits per heavy atom. The molecule has 0 atom stereocenters. The minimum Gasteiger partial charge on any atom is -0.463 e. The van der Waals surface area contributed by atoms with E-state index in [1.54, 1.807) is 13.8 Å². The monoisotopic (exact) mass is 406 g/mol. The summed E-state index contributed by atoms with van der Waals surface area (Å²) in [4.78, 5) is 10.4. The van der Waals surface area contributed by atoms with Gasteiger partial charge in [0, 0.05) is 5.57 Å². The van der Waals surface area contributed by atoms with E-state index in [-0.39, 0.29) is 13.4 Å². The fraction of sp³-hybridized carbons (Fsp3) is 0.571. The molecule has 0 unspecified atom stereocenters. The Hall–Kier alpha value is -0.790. The van der Waals surface area contributed by atoms with Crippen LogP contribution in [0, 0.1) is 0 Å². The molecule has 0 amide bonds. The van der Waals surface area contributed by atoms with Crippen LogP contribution in [0.25, 0.3) is 0 Å². The first-order chi connectivity index (χ1) is 3.68. The normalized spacial score (nSPS) is 7.33. The Balaban J connectivity index is 0. The third-order valence-electron chi connectivity index (χ3n) is 0.624. The van der Waals surface area contributed by atoms with Crippen LogP contribution in [-0.4, -0.2) is 12.6 Å². The Morgan fingerprint density at radius 2 is 2.11 bits per heavy atom. The van der Waals surface area contributed by atoms with Gasteiger partial charge in [-0.25, -0.2) is 4.79 Å². The molecule has 0 heterocycles. The molecule has 0 aliphatic heterocycles. The molecule has 0 fully saturated rings. The van der Waals surface area contributed by atoms with E-state index in [0.29, 0.717) is 12.2 Å². The molecule has 0 aromatic carbocycles. The topological polar surface area (TPSA) is 26.3 Å². The van der Waals surface area contributed by atoms with Gasteiger partial charge in [0.05, 0.1) is 6.61 Å². The number of carbonyl (C=O) groups is 1. The van der Waals surface area contributed by atoms with Crippen molar-refractivity contribution in [1.29, 1.82) is 0 Å². The number of rotatable bonds is 2. The van der Waals surface area contributed by atoms with E-state index in [1.165, 1.54) is 0 Å². The second-order valence-electron chi connectivity index (χ2n) is 1.50. The predicted molar refractivity (Wildman–Crippen MR) is 38.2 cm³/mol. The zero-order chi connectivity index (χ0) is 6.57. The largest absolute Gasteiger partial charge is 0.463 e. The molecule has 9 heavy (non-hydrogen) atoms. The second kappa shape index (κ2) is 5.35. The Labute approximate surface area is 56.5 Å². The summed E-state index contributed by atoms with van der Waals surface area (Å²) in [5.41, 5.74) is 0.451. The van der Waals surface area contributed by atoms with Crippen LogP contribution >= 0.6 is 0 Å². The number of hydrogen-bond donors (Lipinski definition) is 0. The summed E-state index contributed by atoms with van der Waals surface area (Å²) in [5.74, 6) is -0.312. The maximum atomic E-state index is 10.4. The number of ether oxygens (including phenoxy) is 1. The summed E-state index contributed by atoms with van der Waals surface area (Å²) in [7, 11) is 0. The van der Waals surface area contributed by atoms with Gasteiger partial charge in [-0.15, -0.1) is 0 Å². The standard InChI is InChI=1S/C6H10O2.CH4/c1-4-8-6(7)5(2)3;/h2,4H2,1,3H3;1H4/i;1+24. The summed E-state index contributed by atoms with van der Waals surface area (Å²) >= 11 is 0. The van der Waals surface area contributed by atoms with Crippen molar-refractivity contribution >= 4 is 5.97 Å². The van der Waals surface area contributed by atoms with Crippen LogP contribution < -0.4 is 0 Å². The summed E-state index contributed by atoms with van der Waals surface area (Å²) < 4.78 is 4.56. The van der Waals surface area contributed by atoms with E-state index in [1.807, 2.05) is 0 Å². The molecule has 0 spiro atoms. The molecule has 0 radical (unpaired) electrons. The first-order valence-electron chi connectivity index (χ1n) is 2.51. The third-order valence-corrected chi connectivity index (χ3v) is 0.624. The van der Waals surface area contributed by atoms with Crippen LogP contribution in [0.3, 0.4) is 0 Å². The minimum absolute atomic E-state index is 0. The molecule has 0 N–H and O–H groups in total. The van der Waals surface area contributed by atoms with Crippen LogP contribution in [0.1, 0.15) is 21.3 Å². The van der Waals surface area contributed by atoms with E-state index in [4.69, 9.17) is 0 Å². The Morgan fingerprint density at radius 3 is 2.22 bits per heavy atom. The van der Waals surface area contributed by atoms with E-state index < -0.39 is 0 Å². The molecule has 0 saturated heterocycles. The molecule has 0 saturated carbocycles. The fourth-order valence-corrected chi connectivity index (χ4v) is 0.254. The predicted octanol–water partition coefficient (Wildman–Crippen LogP) is 1.76. The van der Waals surface area contributed by atoms with E-state index in [0.717, 1.165) is 0 Å². The summed E-state index contributed by atoms with van der Waals surface area (Å²) in [6, 6.07) is 0. The van der Waals surface area contributed by atoms with Crippen molar-refractivity contribution in [3.8, 4) is 0 Å². The van der Waals surface area contributed by atoms with Crippen LogP contribution in [0.2, 0.25) is 0 Å². The van der Waals surface area contributed by atoms with Crippen molar-refractivity contribution in [2.24, 2.45) is 0 Å². The van der Waals surface area contributed by atoms with E-state index >= 15 is 0 Å². The number of carbonyl (C=O) groups excluding carboxylic acids is 1. The van der Waals surface area contributed by atoms with Gasteiger partial charge in [0.1, 0.15) is 0 Å². The first kappa shape index (κ1) is 11.1. The highest BCUT2D eigenvalue weighted by molar-refractivity contribution is 5.86. The fourth-order valence-electron chi connectivity index (χ4n) is 0.254. The van der Waals surface area contributed by atoms with Crippen molar-refractivity contribution in [2.75, 3.05) is 6.61 Å². The molecule has 0 bridgehead atoms. The average molecular weight is 406 g/mol. The molecule has 0 aromatic heterocycles. The van der Waals surface area contributed by atoms with E-state index in [9.17, 15) is 4.79 Å². The zero-order valence-corrected chi connectivity index (χ0v) is 5.23. The third kappa shape index (κ3) is 5.07. The summed E-state index contributed by atoms with van der Waals surface area (Å²) in [5, 5.41) is 0. The van der Waals surface area contributed by atoms with Crippen LogP contribution in [0.15, 0.2) is 12.2 Å². The lowest BCUT2D eigenvalue weighted by atomic mass is 10.4. The Kier molecular flexibility index (Phi) is 6.58. The lowest BCUT2D eigenvalue weighted by Crippen LogP contribution is -2.03. The SMILES string of the molecule is C=C(C)C(=O)OCC.[288CH4]. The molecule has 0 rings (SSSR count). The molecule has 2 nitrogen and oxygen atoms in total. The van der Waals surface area contributed by atoms with Gasteiger partial charge in [-0.2, -0.15) is 0 Å². The first-order valence-corrected chi connectivity index (χ1v) is 2.51. The Bertz CT molecular complexity index is 105. The number of hydrogen-bond acceptors (Lipinski definition) is 2. The van der Waals surface area contributed by atoms with Gasteiger partial charge in [0.2, 0.25) is 0 Å². The highest BCUT2D eigenvalue weighted by atomic mass is 288. The smallest absolute Gasteiger partial charge is 0.333 e. The molecule has 0 aromatic rings. The highest BCUT2D eigenvalue weighted by Gasteiger charge is 1.98. The van der Waals surface area contributed by atoms with Crippen LogP contribution in [0.5, 0.6) is 0 Å². The number of esters is 1. The van der Waals surface area contributed by atoms with Crippen molar-refractivity contribution in [1.82, 2.24) is 0 Å². The van der Waals surface area contributed by atoms with Crippen molar-refractivity contribution in [3.63, 3.8) is 0 Å². The molecular weight excluding hydrogens is 392 g/mol. The van der Waals surface area contributed by atoms with Crippen LogP contribution in [0.4, 0.5) is 0 Å². The molecular formula is C7H14O2. The van der Waals surface area contributed by atoms with Crippen LogP contribution in [-0.2, 0) is 9.53 Å². The molecule has 0 aliphatic carbocycles. The molecule has 2 heteroatoms. The van der Waals surface area contributed by atoms with Gasteiger partial charge in [0.15, 0.2) is 0 Å². The minimum atomic E-state index is -0.312. The van der Waals surface area contributed by atoms with Crippen molar-refractivity contribution < 1.29 is 9.53 Å². The zero-order valence-electron chi connectivity index (χ0n) is 5.23. The van der Waals surface area contributed by atoms with Gasteiger partial charge in [-0.3, -0.25) is 0 Å². The highest BCUT2D eigenvalue weighted by Crippen LogP contribution is 1.89. The summed E-state index contributed by atoms with van der Waals surface area (Å²) in [6.45, 7) is 7.21. The van der Waals surface area contributed by atoms with Gasteiger partial charge < -0.3 is 4.74 Å². The van der Waals surface area contributed by atoms with Gasteiger partial charge in [0.25, 0.3) is 0 Å². The second-order valence-corrected chi connectivity index (χ2v) is 1.50. The lowest BCUT2D eigenvalue weighted by Gasteiger charge is -1.96. The van der Waals surface area contributed by atoms with Gasteiger partial charge >= 0.3 is 5.97 Å².